The molecule has 0 aliphatic heterocycles. The summed E-state index contributed by atoms with van der Waals surface area (Å²) in [4.78, 5) is 35.3. The quantitative estimate of drug-likeness (QED) is 0.726. The Morgan fingerprint density at radius 1 is 0.885 bits per heavy atom. The van der Waals surface area contributed by atoms with Crippen molar-refractivity contribution < 1.29 is 19.1 Å². The van der Waals surface area contributed by atoms with E-state index in [9.17, 15) is 14.4 Å². The molecule has 2 rings (SSSR count). The lowest BCUT2D eigenvalue weighted by atomic mass is 10.2. The molecule has 0 atom stereocenters. The smallest absolute Gasteiger partial charge is 0.306 e. The lowest BCUT2D eigenvalue weighted by Crippen LogP contribution is -2.22. The molecule has 7 heteroatoms. The van der Waals surface area contributed by atoms with Gasteiger partial charge in [0.1, 0.15) is 0 Å². The van der Waals surface area contributed by atoms with Gasteiger partial charge in [-0.1, -0.05) is 41.9 Å². The monoisotopic (exact) mass is 374 g/mol. The fourth-order valence-corrected chi connectivity index (χ4v) is 2.29. The minimum atomic E-state index is -0.626. The molecule has 0 aliphatic rings. The van der Waals surface area contributed by atoms with Crippen LogP contribution in [0.5, 0.6) is 0 Å². The average molecular weight is 375 g/mol. The Kier molecular flexibility index (Phi) is 7.17. The number of hydrogen-bond donors (Lipinski definition) is 2. The van der Waals surface area contributed by atoms with Crippen LogP contribution in [-0.4, -0.2) is 24.4 Å². The Hall–Kier alpha value is -2.86. The number of rotatable bonds is 7. The Labute approximate surface area is 156 Å². The maximum Gasteiger partial charge on any atom is 0.306 e. The Balaban J connectivity index is 1.70. The van der Waals surface area contributed by atoms with E-state index in [-0.39, 0.29) is 18.7 Å². The van der Waals surface area contributed by atoms with Gasteiger partial charge in [0.2, 0.25) is 5.91 Å². The summed E-state index contributed by atoms with van der Waals surface area (Å²) in [7, 11) is 0. The number of aryl methyl sites for hydroxylation is 1. The Morgan fingerprint density at radius 3 is 2.19 bits per heavy atom. The zero-order valence-electron chi connectivity index (χ0n) is 14.3. The third kappa shape index (κ3) is 6.22. The molecule has 0 radical (unpaired) electrons. The van der Waals surface area contributed by atoms with Gasteiger partial charge >= 0.3 is 5.97 Å². The Bertz CT molecular complexity index is 742. The summed E-state index contributed by atoms with van der Waals surface area (Å²) in [5, 5.41) is 5.66. The van der Waals surface area contributed by atoms with Crippen molar-refractivity contribution in [1.29, 1.82) is 0 Å². The van der Waals surface area contributed by atoms with Crippen LogP contribution in [-0.2, 0) is 19.1 Å². The van der Waals surface area contributed by atoms with Gasteiger partial charge in [-0.2, -0.15) is 0 Å². The normalized spacial score (nSPS) is 10.1. The highest BCUT2D eigenvalue weighted by atomic mass is 35.5. The molecule has 136 valence electrons. The number of para-hydroxylation sites is 2. The van der Waals surface area contributed by atoms with E-state index in [2.05, 4.69) is 10.6 Å². The number of ether oxygens (including phenoxy) is 1. The van der Waals surface area contributed by atoms with Crippen LogP contribution >= 0.6 is 11.6 Å². The number of amides is 2. The van der Waals surface area contributed by atoms with Crippen LogP contribution in [0.25, 0.3) is 0 Å². The van der Waals surface area contributed by atoms with E-state index in [0.717, 1.165) is 5.56 Å². The summed E-state index contributed by atoms with van der Waals surface area (Å²) < 4.78 is 4.87. The summed E-state index contributed by atoms with van der Waals surface area (Å²) in [6.45, 7) is 1.44. The van der Waals surface area contributed by atoms with E-state index in [0.29, 0.717) is 16.4 Å². The standard InChI is InChI=1S/C19H19ClN2O4/c1-13-6-2-4-8-15(13)21-17(23)10-11-19(25)26-12-18(24)22-16-9-5-3-7-14(16)20/h2-9H,10-12H2,1H3,(H,21,23)(H,22,24). The fourth-order valence-electron chi connectivity index (χ4n) is 2.11. The topological polar surface area (TPSA) is 84.5 Å². The van der Waals surface area contributed by atoms with E-state index in [1.165, 1.54) is 0 Å². The van der Waals surface area contributed by atoms with Gasteiger partial charge < -0.3 is 15.4 Å². The van der Waals surface area contributed by atoms with Crippen molar-refractivity contribution in [3.8, 4) is 0 Å². The molecule has 0 spiro atoms. The van der Waals surface area contributed by atoms with Gasteiger partial charge in [-0.3, -0.25) is 14.4 Å². The summed E-state index contributed by atoms with van der Waals surface area (Å²) >= 11 is 5.93. The lowest BCUT2D eigenvalue weighted by Gasteiger charge is -2.09. The van der Waals surface area contributed by atoms with Crippen LogP contribution in [0.4, 0.5) is 11.4 Å². The second kappa shape index (κ2) is 9.58. The van der Waals surface area contributed by atoms with Gasteiger partial charge in [0.25, 0.3) is 5.91 Å². The van der Waals surface area contributed by atoms with Crippen LogP contribution in [0, 0.1) is 6.92 Å². The first-order chi connectivity index (χ1) is 12.5. The van der Waals surface area contributed by atoms with Crippen molar-refractivity contribution in [1.82, 2.24) is 0 Å². The number of nitrogens with one attached hydrogen (secondary N) is 2. The van der Waals surface area contributed by atoms with Crippen molar-refractivity contribution in [2.75, 3.05) is 17.2 Å². The molecule has 2 N–H and O–H groups in total. The van der Waals surface area contributed by atoms with Crippen molar-refractivity contribution >= 4 is 40.8 Å². The SMILES string of the molecule is Cc1ccccc1NC(=O)CCC(=O)OCC(=O)Nc1ccccc1Cl. The highest BCUT2D eigenvalue weighted by molar-refractivity contribution is 6.33. The van der Waals surface area contributed by atoms with E-state index in [4.69, 9.17) is 16.3 Å². The summed E-state index contributed by atoms with van der Waals surface area (Å²) in [6, 6.07) is 14.1. The minimum absolute atomic E-state index is 0.0285. The van der Waals surface area contributed by atoms with E-state index in [1.807, 2.05) is 25.1 Å². The highest BCUT2D eigenvalue weighted by Gasteiger charge is 2.12. The zero-order valence-corrected chi connectivity index (χ0v) is 15.0. The molecule has 0 saturated carbocycles. The molecule has 6 nitrogen and oxygen atoms in total. The van der Waals surface area contributed by atoms with Crippen LogP contribution < -0.4 is 10.6 Å². The molecule has 0 heterocycles. The second-order valence-electron chi connectivity index (χ2n) is 5.55. The number of hydrogen-bond acceptors (Lipinski definition) is 4. The molecule has 0 bridgehead atoms. The summed E-state index contributed by atoms with van der Waals surface area (Å²) in [6.07, 6.45) is -0.142. The zero-order chi connectivity index (χ0) is 18.9. The van der Waals surface area contributed by atoms with Gasteiger partial charge in [0, 0.05) is 12.1 Å². The number of halogens is 1. The maximum atomic E-state index is 11.9. The fraction of sp³-hybridized carbons (Fsp3) is 0.211. The molecule has 2 amide bonds. The average Bonchev–Trinajstić information content (AvgIpc) is 2.62. The van der Waals surface area contributed by atoms with Crippen molar-refractivity contribution in [2.24, 2.45) is 0 Å². The van der Waals surface area contributed by atoms with Gasteiger partial charge in [-0.15, -0.1) is 0 Å². The van der Waals surface area contributed by atoms with E-state index in [1.54, 1.807) is 30.3 Å². The van der Waals surface area contributed by atoms with E-state index >= 15 is 0 Å². The molecule has 26 heavy (non-hydrogen) atoms. The molecule has 0 aromatic heterocycles. The predicted molar refractivity (Wildman–Crippen MR) is 100 cm³/mol. The molecule has 2 aromatic carbocycles. The number of esters is 1. The lowest BCUT2D eigenvalue weighted by molar-refractivity contribution is -0.147. The minimum Gasteiger partial charge on any atom is -0.456 e. The van der Waals surface area contributed by atoms with Gasteiger partial charge in [-0.05, 0) is 30.7 Å². The summed E-state index contributed by atoms with van der Waals surface area (Å²) in [5.41, 5.74) is 2.07. The van der Waals surface area contributed by atoms with Crippen LogP contribution in [0.2, 0.25) is 5.02 Å². The van der Waals surface area contributed by atoms with E-state index < -0.39 is 18.5 Å². The Morgan fingerprint density at radius 2 is 1.50 bits per heavy atom. The maximum absolute atomic E-state index is 11.9. The van der Waals surface area contributed by atoms with Gasteiger partial charge in [-0.25, -0.2) is 0 Å². The number of carbonyl (C=O) groups is 3. The van der Waals surface area contributed by atoms with Crippen molar-refractivity contribution in [2.45, 2.75) is 19.8 Å². The van der Waals surface area contributed by atoms with Crippen molar-refractivity contribution in [3.05, 3.63) is 59.1 Å². The molecule has 0 saturated heterocycles. The summed E-state index contributed by atoms with van der Waals surface area (Å²) in [5.74, 6) is -1.42. The van der Waals surface area contributed by atoms with Gasteiger partial charge in [0.05, 0.1) is 17.1 Å². The second-order valence-corrected chi connectivity index (χ2v) is 5.96. The highest BCUT2D eigenvalue weighted by Crippen LogP contribution is 2.20. The molecular weight excluding hydrogens is 356 g/mol. The van der Waals surface area contributed by atoms with Crippen molar-refractivity contribution in [3.63, 3.8) is 0 Å². The largest absolute Gasteiger partial charge is 0.456 e. The number of carbonyl (C=O) groups excluding carboxylic acids is 3. The molecule has 0 fully saturated rings. The third-order valence-electron chi connectivity index (χ3n) is 3.49. The number of benzene rings is 2. The molecule has 2 aromatic rings. The first-order valence-corrected chi connectivity index (χ1v) is 8.39. The molecular formula is C19H19ClN2O4. The first kappa shape index (κ1) is 19.5. The molecule has 0 unspecified atom stereocenters. The predicted octanol–water partition coefficient (Wildman–Crippen LogP) is 3.55. The van der Waals surface area contributed by atoms with Crippen LogP contribution in [0.15, 0.2) is 48.5 Å². The van der Waals surface area contributed by atoms with Crippen LogP contribution in [0.1, 0.15) is 18.4 Å². The van der Waals surface area contributed by atoms with Gasteiger partial charge in [0.15, 0.2) is 6.61 Å². The van der Waals surface area contributed by atoms with Crippen LogP contribution in [0.3, 0.4) is 0 Å². The first-order valence-electron chi connectivity index (χ1n) is 8.01. The number of anilines is 2. The molecule has 0 aliphatic carbocycles. The third-order valence-corrected chi connectivity index (χ3v) is 3.82.